The van der Waals surface area contributed by atoms with Crippen LogP contribution in [0.1, 0.15) is 6.92 Å². The summed E-state index contributed by atoms with van der Waals surface area (Å²) in [7, 11) is 0. The minimum Gasteiger partial charge on any atom is -0.653 e. The number of rotatable bonds is 2. The summed E-state index contributed by atoms with van der Waals surface area (Å²) < 4.78 is 4.03. The third-order valence-electron chi connectivity index (χ3n) is 0.203. The van der Waals surface area contributed by atoms with Crippen molar-refractivity contribution in [2.24, 2.45) is 0 Å². The van der Waals surface area contributed by atoms with Gasteiger partial charge in [-0.2, -0.15) is 0 Å². The molecule has 8 heavy (non-hydrogen) atoms. The molecule has 0 aliphatic heterocycles. The van der Waals surface area contributed by atoms with Crippen molar-refractivity contribution < 1.29 is 42.2 Å². The van der Waals surface area contributed by atoms with Crippen LogP contribution in [0.2, 0.25) is 0 Å². The molecule has 0 rings (SSSR count). The van der Waals surface area contributed by atoms with Gasteiger partial charge < -0.3 is 25.5 Å². The first-order valence-electron chi connectivity index (χ1n) is 1.67. The number of halogens is 1. The molecule has 0 aliphatic carbocycles. The van der Waals surface area contributed by atoms with Crippen LogP contribution in [-0.4, -0.2) is 13.1 Å². The van der Waals surface area contributed by atoms with Gasteiger partial charge in [0.2, 0.25) is 0 Å². The predicted molar refractivity (Wildman–Crippen MR) is 31.6 cm³/mol. The number of ether oxygens (including phenoxy) is 1. The Morgan fingerprint density at radius 3 is 2.12 bits per heavy atom. The number of hydrogen-bond acceptors (Lipinski definition) is 2. The molecular weight excluding hydrogens is 249 g/mol. The Morgan fingerprint density at radius 1 is 1.75 bits per heavy atom. The van der Waals surface area contributed by atoms with Crippen molar-refractivity contribution in [1.82, 2.24) is 0 Å². The zero-order valence-corrected chi connectivity index (χ0v) is 9.11. The topological polar surface area (TPSA) is 26.3 Å². The van der Waals surface area contributed by atoms with E-state index in [0.29, 0.717) is 6.61 Å². The Morgan fingerprint density at radius 2 is 2.12 bits per heavy atom. The molecule has 0 aromatic heterocycles. The van der Waals surface area contributed by atoms with E-state index in [2.05, 4.69) is 26.5 Å². The van der Waals surface area contributed by atoms with E-state index in [1.807, 2.05) is 0 Å². The van der Waals surface area contributed by atoms with Gasteiger partial charge >= 0.3 is 0 Å². The molecule has 0 saturated carbocycles. The zero-order chi connectivity index (χ0) is 6.12. The van der Waals surface area contributed by atoms with E-state index in [0.717, 1.165) is 0 Å². The quantitative estimate of drug-likeness (QED) is 0.695. The summed E-state index contributed by atoms with van der Waals surface area (Å²) in [5.74, 6) is 3.06. The molecule has 47 valence electrons. The maximum absolute atomic E-state index is 9.06. The summed E-state index contributed by atoms with van der Waals surface area (Å²) in [5, 5.41) is 0. The van der Waals surface area contributed by atoms with Gasteiger partial charge in [0.15, 0.2) is 0 Å². The number of hydrogen-bond donors (Lipinski definition) is 0. The van der Waals surface area contributed by atoms with Crippen molar-refractivity contribution in [3.05, 3.63) is 5.83 Å². The minimum atomic E-state index is 0. The molecule has 0 aromatic rings. The summed E-state index contributed by atoms with van der Waals surface area (Å²) in [6.45, 7) is 3.41. The molecule has 4 heteroatoms. The van der Waals surface area contributed by atoms with Crippen LogP contribution in [0.5, 0.6) is 0 Å². The van der Waals surface area contributed by atoms with Gasteiger partial charge in [0.25, 0.3) is 0 Å². The third-order valence-corrected chi connectivity index (χ3v) is 0.203. The fourth-order valence-corrected chi connectivity index (χ4v) is 0.0589. The minimum absolute atomic E-state index is 0. The van der Waals surface area contributed by atoms with Gasteiger partial charge in [-0.25, -0.2) is 0 Å². The standard InChI is InChI=1S/C3H5O2.CH2Br.Y/c1-2-5-3-4;1-2;/h2H2,1H3;1H2;/q2*-1;. The molecule has 0 N–H and O–H groups in total. The van der Waals surface area contributed by atoms with Crippen molar-refractivity contribution in [2.75, 3.05) is 6.61 Å². The molecule has 1 radical (unpaired) electrons. The van der Waals surface area contributed by atoms with Gasteiger partial charge in [0, 0.05) is 39.3 Å². The van der Waals surface area contributed by atoms with Gasteiger partial charge in [0.1, 0.15) is 0 Å². The largest absolute Gasteiger partial charge is 0.653 e. The van der Waals surface area contributed by atoms with Gasteiger partial charge in [-0.1, -0.05) is 6.47 Å². The van der Waals surface area contributed by atoms with Crippen molar-refractivity contribution in [3.63, 3.8) is 0 Å². The maximum atomic E-state index is 9.06. The van der Waals surface area contributed by atoms with E-state index in [4.69, 9.17) is 4.79 Å². The summed E-state index contributed by atoms with van der Waals surface area (Å²) in [5.41, 5.74) is 0. The molecule has 2 nitrogen and oxygen atoms in total. The SMILES string of the molecule is CCO[C-]=O.[CH2-]Br.[Y]. The van der Waals surface area contributed by atoms with E-state index in [-0.39, 0.29) is 32.7 Å². The van der Waals surface area contributed by atoms with E-state index in [1.54, 1.807) is 6.92 Å². The molecule has 0 aliphatic rings. The van der Waals surface area contributed by atoms with Gasteiger partial charge in [-0.3, -0.25) is 5.83 Å². The summed E-state index contributed by atoms with van der Waals surface area (Å²) in [6, 6.07) is 0. The van der Waals surface area contributed by atoms with Crippen LogP contribution in [0.25, 0.3) is 0 Å². The van der Waals surface area contributed by atoms with Crippen LogP contribution >= 0.6 is 15.9 Å². The first kappa shape index (κ1) is 16.0. The van der Waals surface area contributed by atoms with Crippen molar-refractivity contribution >= 4 is 22.4 Å². The van der Waals surface area contributed by atoms with E-state index in [9.17, 15) is 0 Å². The Hall–Kier alpha value is 1.05. The van der Waals surface area contributed by atoms with Crippen LogP contribution in [0.15, 0.2) is 0 Å². The van der Waals surface area contributed by atoms with Crippen molar-refractivity contribution in [2.45, 2.75) is 6.92 Å². The average molecular weight is 256 g/mol. The second-order valence-electron chi connectivity index (χ2n) is 0.516. The Balaban J connectivity index is -0.0000000750. The molecule has 0 fully saturated rings. The molecule has 0 saturated heterocycles. The van der Waals surface area contributed by atoms with Crippen LogP contribution in [0.3, 0.4) is 0 Å². The smallest absolute Gasteiger partial charge is 0.0451 e. The Bertz CT molecular complexity index is 35.2. The van der Waals surface area contributed by atoms with E-state index < -0.39 is 0 Å². The maximum Gasteiger partial charge on any atom is 0.0451 e. The Labute approximate surface area is 83.4 Å². The van der Waals surface area contributed by atoms with Crippen LogP contribution in [-0.2, 0) is 42.2 Å². The average Bonchev–Trinajstić information content (AvgIpc) is 1.75. The predicted octanol–water partition coefficient (Wildman–Crippen LogP) is 1.26. The first-order chi connectivity index (χ1) is 3.41. The monoisotopic (exact) mass is 255 g/mol. The summed E-state index contributed by atoms with van der Waals surface area (Å²) in [6.07, 6.45) is 0. The van der Waals surface area contributed by atoms with E-state index >= 15 is 0 Å². The molecule has 0 bridgehead atoms. The first-order valence-corrected chi connectivity index (χ1v) is 2.79. The normalized spacial score (nSPS) is 4.88. The fraction of sp³-hybridized carbons (Fsp3) is 0.500. The van der Waals surface area contributed by atoms with Gasteiger partial charge in [0.05, 0.1) is 0 Å². The second-order valence-corrected chi connectivity index (χ2v) is 0.516. The molecule has 0 unspecified atom stereocenters. The van der Waals surface area contributed by atoms with Crippen molar-refractivity contribution in [3.8, 4) is 0 Å². The number of carbonyl (C=O) groups excluding carboxylic acids is 1. The van der Waals surface area contributed by atoms with Gasteiger partial charge in [-0.15, -0.1) is 0 Å². The molecular formula is C4H7BrO2Y-2. The fourth-order valence-electron chi connectivity index (χ4n) is 0.0589. The summed E-state index contributed by atoms with van der Waals surface area (Å²) in [4.78, 5) is 9.06. The molecule has 0 amide bonds. The Kier molecular flexibility index (Phi) is 48.8. The van der Waals surface area contributed by atoms with Crippen LogP contribution < -0.4 is 0 Å². The van der Waals surface area contributed by atoms with Crippen LogP contribution in [0, 0.1) is 5.83 Å². The molecule has 0 aromatic carbocycles. The van der Waals surface area contributed by atoms with Crippen molar-refractivity contribution in [1.29, 1.82) is 0 Å². The zero-order valence-electron chi connectivity index (χ0n) is 4.69. The summed E-state index contributed by atoms with van der Waals surface area (Å²) >= 11 is 2.69. The molecule has 0 spiro atoms. The third kappa shape index (κ3) is 27.7. The van der Waals surface area contributed by atoms with Gasteiger partial charge in [-0.05, 0) is 6.92 Å². The second kappa shape index (κ2) is 24.4. The molecule has 0 atom stereocenters. The van der Waals surface area contributed by atoms with E-state index in [1.165, 1.54) is 6.47 Å². The molecule has 0 heterocycles. The van der Waals surface area contributed by atoms with Crippen LogP contribution in [0.4, 0.5) is 0 Å².